The lowest BCUT2D eigenvalue weighted by atomic mass is 10.3. The van der Waals surface area contributed by atoms with E-state index in [0.29, 0.717) is 16.7 Å². The van der Waals surface area contributed by atoms with Crippen LogP contribution in [0.1, 0.15) is 23.8 Å². The number of pyridine rings is 1. The maximum atomic E-state index is 11.6. The van der Waals surface area contributed by atoms with E-state index in [1.807, 2.05) is 6.92 Å². The van der Waals surface area contributed by atoms with Crippen LogP contribution in [0.3, 0.4) is 0 Å². The molecule has 1 heterocycles. The minimum atomic E-state index is -0.207. The first kappa shape index (κ1) is 12.5. The quantitative estimate of drug-likeness (QED) is 0.867. The molecule has 15 heavy (non-hydrogen) atoms. The second-order valence-corrected chi connectivity index (χ2v) is 4.52. The number of carbonyl (C=O) groups excluding carboxylic acids is 1. The Morgan fingerprint density at radius 2 is 2.47 bits per heavy atom. The third-order valence-electron chi connectivity index (χ3n) is 1.90. The summed E-state index contributed by atoms with van der Waals surface area (Å²) in [7, 11) is 0. The van der Waals surface area contributed by atoms with Crippen LogP contribution in [0.2, 0.25) is 0 Å². The second kappa shape index (κ2) is 6.08. The van der Waals surface area contributed by atoms with Crippen LogP contribution in [-0.2, 0) is 0 Å². The fraction of sp³-hybridized carbons (Fsp3) is 0.400. The van der Waals surface area contributed by atoms with Crippen LogP contribution in [0.4, 0.5) is 0 Å². The zero-order valence-electron chi connectivity index (χ0n) is 8.34. The fourth-order valence-corrected chi connectivity index (χ4v) is 1.50. The number of aromatic nitrogens is 1. The molecule has 1 aromatic heterocycles. The fourth-order valence-electron chi connectivity index (χ4n) is 0.984. The van der Waals surface area contributed by atoms with Gasteiger partial charge in [-0.1, -0.05) is 6.92 Å². The zero-order chi connectivity index (χ0) is 11.3. The molecule has 1 unspecified atom stereocenters. The lowest BCUT2D eigenvalue weighted by molar-refractivity contribution is 0.0947. The van der Waals surface area contributed by atoms with Crippen LogP contribution < -0.4 is 5.32 Å². The van der Waals surface area contributed by atoms with Gasteiger partial charge in [0.2, 0.25) is 0 Å². The predicted molar refractivity (Wildman–Crippen MR) is 64.2 cm³/mol. The number of nitrogens with zero attached hydrogens (tertiary/aromatic N) is 1. The van der Waals surface area contributed by atoms with Crippen LogP contribution in [0.25, 0.3) is 0 Å². The molecular formula is C10H12BrClN2O. The largest absolute Gasteiger partial charge is 0.349 e. The van der Waals surface area contributed by atoms with Gasteiger partial charge < -0.3 is 5.32 Å². The topological polar surface area (TPSA) is 42.0 Å². The van der Waals surface area contributed by atoms with Gasteiger partial charge in [-0.3, -0.25) is 4.79 Å². The Kier molecular flexibility index (Phi) is 5.05. The Labute approximate surface area is 102 Å². The number of rotatable bonds is 4. The predicted octanol–water partition coefficient (Wildman–Crippen LogP) is 2.59. The van der Waals surface area contributed by atoms with Gasteiger partial charge in [-0.2, -0.15) is 0 Å². The van der Waals surface area contributed by atoms with E-state index < -0.39 is 0 Å². The number of carbonyl (C=O) groups is 1. The van der Waals surface area contributed by atoms with E-state index in [2.05, 4.69) is 26.2 Å². The SMILES string of the molecule is CCC(Cl)CNC(=O)c1ncccc1Br. The Hall–Kier alpha value is -0.610. The molecule has 1 amide bonds. The minimum Gasteiger partial charge on any atom is -0.349 e. The average molecular weight is 292 g/mol. The summed E-state index contributed by atoms with van der Waals surface area (Å²) < 4.78 is 0.685. The maximum Gasteiger partial charge on any atom is 0.271 e. The Morgan fingerprint density at radius 3 is 3.07 bits per heavy atom. The lowest BCUT2D eigenvalue weighted by Crippen LogP contribution is -2.30. The van der Waals surface area contributed by atoms with Crippen LogP contribution >= 0.6 is 27.5 Å². The highest BCUT2D eigenvalue weighted by Crippen LogP contribution is 2.12. The molecule has 3 nitrogen and oxygen atoms in total. The summed E-state index contributed by atoms with van der Waals surface area (Å²) in [6.45, 7) is 2.43. The molecule has 1 rings (SSSR count). The van der Waals surface area contributed by atoms with E-state index in [9.17, 15) is 4.79 Å². The van der Waals surface area contributed by atoms with Gasteiger partial charge >= 0.3 is 0 Å². The van der Waals surface area contributed by atoms with Crippen molar-refractivity contribution in [3.63, 3.8) is 0 Å². The highest BCUT2D eigenvalue weighted by Gasteiger charge is 2.11. The molecule has 0 aromatic carbocycles. The summed E-state index contributed by atoms with van der Waals surface area (Å²) in [6.07, 6.45) is 2.41. The summed E-state index contributed by atoms with van der Waals surface area (Å²) in [5, 5.41) is 2.70. The van der Waals surface area contributed by atoms with Crippen molar-refractivity contribution in [1.29, 1.82) is 0 Å². The number of halogens is 2. The highest BCUT2D eigenvalue weighted by molar-refractivity contribution is 9.10. The van der Waals surface area contributed by atoms with Crippen molar-refractivity contribution < 1.29 is 4.79 Å². The molecule has 0 saturated carbocycles. The molecular weight excluding hydrogens is 279 g/mol. The first-order valence-corrected chi connectivity index (χ1v) is 5.91. The molecule has 0 spiro atoms. The number of amides is 1. The van der Waals surface area contributed by atoms with E-state index in [1.54, 1.807) is 18.3 Å². The summed E-state index contributed by atoms with van der Waals surface area (Å²) in [4.78, 5) is 15.6. The molecule has 0 bridgehead atoms. The first-order valence-electron chi connectivity index (χ1n) is 4.68. The molecule has 1 atom stereocenters. The van der Waals surface area contributed by atoms with E-state index >= 15 is 0 Å². The monoisotopic (exact) mass is 290 g/mol. The van der Waals surface area contributed by atoms with Crippen LogP contribution in [0, 0.1) is 0 Å². The minimum absolute atomic E-state index is 0.0311. The summed E-state index contributed by atoms with van der Waals surface area (Å²) in [6, 6.07) is 3.54. The van der Waals surface area contributed by atoms with Crippen LogP contribution in [0.5, 0.6) is 0 Å². The van der Waals surface area contributed by atoms with E-state index in [4.69, 9.17) is 11.6 Å². The molecule has 1 aromatic rings. The zero-order valence-corrected chi connectivity index (χ0v) is 10.7. The third-order valence-corrected chi connectivity index (χ3v) is 3.00. The molecule has 0 aliphatic rings. The van der Waals surface area contributed by atoms with Crippen LogP contribution in [-0.4, -0.2) is 22.8 Å². The van der Waals surface area contributed by atoms with Crippen molar-refractivity contribution in [3.05, 3.63) is 28.5 Å². The Morgan fingerprint density at radius 1 is 1.73 bits per heavy atom. The highest BCUT2D eigenvalue weighted by atomic mass is 79.9. The Balaban J connectivity index is 2.58. The van der Waals surface area contributed by atoms with Gasteiger partial charge in [0.25, 0.3) is 5.91 Å². The van der Waals surface area contributed by atoms with E-state index in [-0.39, 0.29) is 11.3 Å². The van der Waals surface area contributed by atoms with Gasteiger partial charge in [0.05, 0.1) is 5.38 Å². The van der Waals surface area contributed by atoms with Gasteiger partial charge in [0, 0.05) is 17.2 Å². The second-order valence-electron chi connectivity index (χ2n) is 3.05. The van der Waals surface area contributed by atoms with Gasteiger partial charge in [0.1, 0.15) is 5.69 Å². The smallest absolute Gasteiger partial charge is 0.271 e. The summed E-state index contributed by atoms with van der Waals surface area (Å²) in [5.41, 5.74) is 0.387. The molecule has 0 saturated heterocycles. The average Bonchev–Trinajstić information content (AvgIpc) is 2.26. The van der Waals surface area contributed by atoms with Gasteiger partial charge in [-0.05, 0) is 34.5 Å². The van der Waals surface area contributed by atoms with Crippen molar-refractivity contribution >= 4 is 33.4 Å². The van der Waals surface area contributed by atoms with Crippen molar-refractivity contribution in [2.75, 3.05) is 6.54 Å². The van der Waals surface area contributed by atoms with Crippen molar-refractivity contribution in [1.82, 2.24) is 10.3 Å². The molecule has 82 valence electrons. The molecule has 0 aliphatic carbocycles. The number of nitrogens with one attached hydrogen (secondary N) is 1. The van der Waals surface area contributed by atoms with E-state index in [0.717, 1.165) is 6.42 Å². The van der Waals surface area contributed by atoms with Crippen molar-refractivity contribution in [2.45, 2.75) is 18.7 Å². The molecule has 0 fully saturated rings. The summed E-state index contributed by atoms with van der Waals surface area (Å²) in [5.74, 6) is -0.207. The standard InChI is InChI=1S/C10H12BrClN2O/c1-2-7(12)6-14-10(15)9-8(11)4-3-5-13-9/h3-5,7H,2,6H2,1H3,(H,14,15). The molecule has 0 aliphatic heterocycles. The molecule has 1 N–H and O–H groups in total. The van der Waals surface area contributed by atoms with Crippen molar-refractivity contribution in [3.8, 4) is 0 Å². The maximum absolute atomic E-state index is 11.6. The van der Waals surface area contributed by atoms with Gasteiger partial charge in [-0.25, -0.2) is 4.98 Å². The first-order chi connectivity index (χ1) is 7.15. The lowest BCUT2D eigenvalue weighted by Gasteiger charge is -2.08. The number of hydrogen-bond acceptors (Lipinski definition) is 2. The van der Waals surface area contributed by atoms with E-state index in [1.165, 1.54) is 0 Å². The van der Waals surface area contributed by atoms with Crippen LogP contribution in [0.15, 0.2) is 22.8 Å². The molecule has 5 heteroatoms. The third kappa shape index (κ3) is 3.80. The molecule has 0 radical (unpaired) electrons. The van der Waals surface area contributed by atoms with Gasteiger partial charge in [-0.15, -0.1) is 11.6 Å². The number of hydrogen-bond donors (Lipinski definition) is 1. The normalized spacial score (nSPS) is 12.2. The van der Waals surface area contributed by atoms with Gasteiger partial charge in [0.15, 0.2) is 0 Å². The summed E-state index contributed by atoms with van der Waals surface area (Å²) >= 11 is 9.15. The number of alkyl halides is 1. The van der Waals surface area contributed by atoms with Crippen molar-refractivity contribution in [2.24, 2.45) is 0 Å². The Bertz CT molecular complexity index is 346.